The number of hydrogen-bond donors (Lipinski definition) is 1. The summed E-state index contributed by atoms with van der Waals surface area (Å²) in [7, 11) is 0. The Morgan fingerprint density at radius 2 is 2.00 bits per heavy atom. The zero-order chi connectivity index (χ0) is 20.4. The third-order valence-electron chi connectivity index (χ3n) is 6.63. The molecular weight excluding hydrogens is 370 g/mol. The zero-order valence-electron chi connectivity index (χ0n) is 16.8. The van der Waals surface area contributed by atoms with Crippen molar-refractivity contribution in [3.63, 3.8) is 0 Å². The first-order valence-electron chi connectivity index (χ1n) is 10.4. The van der Waals surface area contributed by atoms with Crippen molar-refractivity contribution in [3.05, 3.63) is 23.8 Å². The number of amides is 2. The molecule has 1 aliphatic carbocycles. The minimum Gasteiger partial charge on any atom is -0.454 e. The molecule has 0 spiro atoms. The van der Waals surface area contributed by atoms with Crippen LogP contribution in [0.25, 0.3) is 0 Å². The molecule has 0 radical (unpaired) electrons. The van der Waals surface area contributed by atoms with E-state index < -0.39 is 6.04 Å². The van der Waals surface area contributed by atoms with Crippen molar-refractivity contribution in [2.24, 2.45) is 11.3 Å². The van der Waals surface area contributed by atoms with Gasteiger partial charge in [0.2, 0.25) is 18.6 Å². The minimum absolute atomic E-state index is 0.0852. The maximum Gasteiger partial charge on any atom is 0.245 e. The van der Waals surface area contributed by atoms with Crippen LogP contribution in [0.4, 0.5) is 0 Å². The van der Waals surface area contributed by atoms with Crippen molar-refractivity contribution in [2.75, 3.05) is 19.9 Å². The van der Waals surface area contributed by atoms with Crippen LogP contribution in [-0.4, -0.2) is 42.6 Å². The molecule has 2 heterocycles. The number of nitrogens with zero attached hydrogens (tertiary/aromatic N) is 2. The lowest BCUT2D eigenvalue weighted by molar-refractivity contribution is -0.138. The van der Waals surface area contributed by atoms with Gasteiger partial charge >= 0.3 is 0 Å². The lowest BCUT2D eigenvalue weighted by Gasteiger charge is -2.46. The van der Waals surface area contributed by atoms with E-state index in [4.69, 9.17) is 9.47 Å². The van der Waals surface area contributed by atoms with Gasteiger partial charge in [-0.05, 0) is 49.3 Å². The van der Waals surface area contributed by atoms with Gasteiger partial charge in [0.25, 0.3) is 0 Å². The highest BCUT2D eigenvalue weighted by Crippen LogP contribution is 2.48. The summed E-state index contributed by atoms with van der Waals surface area (Å²) in [6.07, 6.45) is 5.28. The predicted octanol–water partition coefficient (Wildman–Crippen LogP) is 2.39. The van der Waals surface area contributed by atoms with Gasteiger partial charge in [0, 0.05) is 26.4 Å². The fourth-order valence-electron chi connectivity index (χ4n) is 4.67. The van der Waals surface area contributed by atoms with Crippen molar-refractivity contribution in [1.29, 1.82) is 5.26 Å². The van der Waals surface area contributed by atoms with Gasteiger partial charge in [0.1, 0.15) is 6.04 Å². The fraction of sp³-hybridized carbons (Fsp3) is 0.591. The van der Waals surface area contributed by atoms with Crippen molar-refractivity contribution >= 4 is 11.8 Å². The molecule has 1 saturated heterocycles. The summed E-state index contributed by atoms with van der Waals surface area (Å²) in [6, 6.07) is 7.52. The number of benzene rings is 1. The van der Waals surface area contributed by atoms with E-state index in [1.165, 1.54) is 13.3 Å². The molecule has 2 fully saturated rings. The maximum atomic E-state index is 13.2. The number of carbonyl (C=O) groups excluding carboxylic acids is 2. The van der Waals surface area contributed by atoms with Crippen molar-refractivity contribution < 1.29 is 19.1 Å². The summed E-state index contributed by atoms with van der Waals surface area (Å²) >= 11 is 0. The normalized spacial score (nSPS) is 21.0. The maximum absolute atomic E-state index is 13.2. The Balaban J connectivity index is 1.44. The van der Waals surface area contributed by atoms with Crippen LogP contribution in [-0.2, 0) is 16.0 Å². The van der Waals surface area contributed by atoms with E-state index >= 15 is 0 Å². The molecule has 1 N–H and O–H groups in total. The lowest BCUT2D eigenvalue weighted by atomic mass is 9.61. The Labute approximate surface area is 171 Å². The Morgan fingerprint density at radius 1 is 1.28 bits per heavy atom. The first kappa shape index (κ1) is 19.6. The molecule has 0 bridgehead atoms. The van der Waals surface area contributed by atoms with Crippen LogP contribution in [0.5, 0.6) is 11.5 Å². The van der Waals surface area contributed by atoms with Crippen LogP contribution in [0.3, 0.4) is 0 Å². The number of hydrogen-bond acceptors (Lipinski definition) is 5. The molecule has 0 aromatic heterocycles. The van der Waals surface area contributed by atoms with Gasteiger partial charge in [-0.3, -0.25) is 9.59 Å². The quantitative estimate of drug-likeness (QED) is 0.824. The van der Waals surface area contributed by atoms with Crippen LogP contribution in [0.2, 0.25) is 0 Å². The number of nitrogens with one attached hydrogen (secondary N) is 1. The average molecular weight is 397 g/mol. The minimum atomic E-state index is -0.633. The number of nitriles is 1. The molecule has 154 valence electrons. The summed E-state index contributed by atoms with van der Waals surface area (Å²) in [5.41, 5.74) is 0.620. The Morgan fingerprint density at radius 3 is 2.62 bits per heavy atom. The molecule has 1 unspecified atom stereocenters. The number of ether oxygens (including phenoxy) is 2. The summed E-state index contributed by atoms with van der Waals surface area (Å²) in [5.74, 6) is 1.51. The van der Waals surface area contributed by atoms with Gasteiger partial charge in [-0.2, -0.15) is 5.26 Å². The van der Waals surface area contributed by atoms with Crippen LogP contribution in [0.15, 0.2) is 18.2 Å². The molecule has 7 nitrogen and oxygen atoms in total. The fourth-order valence-corrected chi connectivity index (χ4v) is 4.67. The van der Waals surface area contributed by atoms with Crippen LogP contribution in [0.1, 0.15) is 44.6 Å². The second-order valence-electron chi connectivity index (χ2n) is 8.37. The van der Waals surface area contributed by atoms with E-state index in [0.717, 1.165) is 31.2 Å². The van der Waals surface area contributed by atoms with Gasteiger partial charge < -0.3 is 19.7 Å². The molecule has 1 atom stereocenters. The highest BCUT2D eigenvalue weighted by atomic mass is 16.7. The SMILES string of the molecule is CC(=O)NC(Cc1ccc2c(c1)OCO2)C(=O)N1CCC(C#N)(C2CCC2)CC1. The Kier molecular flexibility index (Phi) is 5.35. The summed E-state index contributed by atoms with van der Waals surface area (Å²) in [6.45, 7) is 2.76. The van der Waals surface area contributed by atoms with Crippen molar-refractivity contribution in [2.45, 2.75) is 51.5 Å². The highest BCUT2D eigenvalue weighted by molar-refractivity contribution is 5.87. The van der Waals surface area contributed by atoms with Crippen LogP contribution in [0, 0.1) is 22.7 Å². The van der Waals surface area contributed by atoms with E-state index in [2.05, 4.69) is 11.4 Å². The number of likely N-dealkylation sites (tertiary alicyclic amines) is 1. The van der Waals surface area contributed by atoms with Gasteiger partial charge in [0.05, 0.1) is 11.5 Å². The van der Waals surface area contributed by atoms with Crippen molar-refractivity contribution in [3.8, 4) is 17.6 Å². The first-order chi connectivity index (χ1) is 14.0. The molecule has 4 rings (SSSR count). The third-order valence-corrected chi connectivity index (χ3v) is 6.63. The largest absolute Gasteiger partial charge is 0.454 e. The molecule has 1 aromatic carbocycles. The standard InChI is InChI=1S/C22H27N3O4/c1-15(26)24-18(11-16-5-6-19-20(12-16)29-14-28-19)21(27)25-9-7-22(13-23,8-10-25)17-3-2-4-17/h5-6,12,17-18H,2-4,7-11,14H2,1H3,(H,24,26). The van der Waals surface area contributed by atoms with E-state index in [-0.39, 0.29) is 24.0 Å². The van der Waals surface area contributed by atoms with Gasteiger partial charge in [-0.15, -0.1) is 0 Å². The summed E-state index contributed by atoms with van der Waals surface area (Å²) in [4.78, 5) is 26.7. The molecule has 3 aliphatic rings. The Hall–Kier alpha value is -2.75. The van der Waals surface area contributed by atoms with Crippen LogP contribution >= 0.6 is 0 Å². The van der Waals surface area contributed by atoms with E-state index in [9.17, 15) is 14.9 Å². The molecule has 2 amide bonds. The third kappa shape index (κ3) is 3.89. The monoisotopic (exact) mass is 397 g/mol. The molecule has 1 saturated carbocycles. The van der Waals surface area contributed by atoms with Gasteiger partial charge in [0.15, 0.2) is 11.5 Å². The molecular formula is C22H27N3O4. The molecule has 2 aliphatic heterocycles. The van der Waals surface area contributed by atoms with E-state index in [0.29, 0.717) is 36.9 Å². The predicted molar refractivity (Wildman–Crippen MR) is 105 cm³/mol. The Bertz CT molecular complexity index is 835. The zero-order valence-corrected chi connectivity index (χ0v) is 16.8. The molecule has 29 heavy (non-hydrogen) atoms. The number of fused-ring (bicyclic) bond motifs is 1. The summed E-state index contributed by atoms with van der Waals surface area (Å²) in [5, 5.41) is 12.6. The number of carbonyl (C=O) groups is 2. The highest BCUT2D eigenvalue weighted by Gasteiger charge is 2.45. The average Bonchev–Trinajstić information content (AvgIpc) is 3.13. The molecule has 1 aromatic rings. The van der Waals surface area contributed by atoms with E-state index in [1.54, 1.807) is 0 Å². The first-order valence-corrected chi connectivity index (χ1v) is 10.4. The topological polar surface area (TPSA) is 91.7 Å². The summed E-state index contributed by atoms with van der Waals surface area (Å²) < 4.78 is 10.8. The smallest absolute Gasteiger partial charge is 0.245 e. The van der Waals surface area contributed by atoms with E-state index in [1.807, 2.05) is 23.1 Å². The molecule has 7 heteroatoms. The van der Waals surface area contributed by atoms with Gasteiger partial charge in [-0.1, -0.05) is 12.5 Å². The van der Waals surface area contributed by atoms with Gasteiger partial charge in [-0.25, -0.2) is 0 Å². The van der Waals surface area contributed by atoms with Crippen molar-refractivity contribution in [1.82, 2.24) is 10.2 Å². The van der Waals surface area contributed by atoms with Crippen LogP contribution < -0.4 is 14.8 Å². The number of piperidine rings is 1. The second-order valence-corrected chi connectivity index (χ2v) is 8.37. The lowest BCUT2D eigenvalue weighted by Crippen LogP contribution is -2.53. The number of rotatable bonds is 5. The second kappa shape index (κ2) is 7.94.